The molecule has 0 atom stereocenters. The second-order valence-corrected chi connectivity index (χ2v) is 7.22. The van der Waals surface area contributed by atoms with E-state index in [2.05, 4.69) is 31.1 Å². The molecular weight excluding hydrogens is 296 g/mol. The van der Waals surface area contributed by atoms with Gasteiger partial charge in [-0.1, -0.05) is 20.8 Å². The van der Waals surface area contributed by atoms with Gasteiger partial charge in [-0.3, -0.25) is 9.59 Å². The Morgan fingerprint density at radius 3 is 2.65 bits per heavy atom. The van der Waals surface area contributed by atoms with Crippen molar-refractivity contribution in [2.24, 2.45) is 0 Å². The standard InChI is InChI=1S/C13H20N2O3S2/c1-13(2,3)12-15-9(6-20-12)4-5-14-10(16)7-19-8-11(17)18/h6H,4-5,7-8H2,1-3H3,(H,14,16)(H,17,18). The van der Waals surface area contributed by atoms with Crippen LogP contribution in [-0.2, 0) is 21.4 Å². The van der Waals surface area contributed by atoms with Crippen LogP contribution in [0.3, 0.4) is 0 Å². The zero-order valence-corrected chi connectivity index (χ0v) is 13.6. The Bertz CT molecular complexity index is 466. The highest BCUT2D eigenvalue weighted by Gasteiger charge is 2.17. The molecule has 0 spiro atoms. The van der Waals surface area contributed by atoms with E-state index in [4.69, 9.17) is 5.11 Å². The second kappa shape index (κ2) is 7.64. The Hall–Kier alpha value is -1.08. The minimum atomic E-state index is -0.903. The molecule has 1 rings (SSSR count). The van der Waals surface area contributed by atoms with E-state index in [1.54, 1.807) is 11.3 Å². The van der Waals surface area contributed by atoms with Gasteiger partial charge in [0.1, 0.15) is 0 Å². The minimum absolute atomic E-state index is 0.0472. The molecule has 20 heavy (non-hydrogen) atoms. The van der Waals surface area contributed by atoms with Crippen molar-refractivity contribution in [3.63, 3.8) is 0 Å². The van der Waals surface area contributed by atoms with Gasteiger partial charge < -0.3 is 10.4 Å². The molecule has 5 nitrogen and oxygen atoms in total. The van der Waals surface area contributed by atoms with Crippen molar-refractivity contribution in [1.82, 2.24) is 10.3 Å². The highest BCUT2D eigenvalue weighted by Crippen LogP contribution is 2.25. The largest absolute Gasteiger partial charge is 0.481 e. The van der Waals surface area contributed by atoms with Crippen molar-refractivity contribution in [2.75, 3.05) is 18.1 Å². The number of carboxylic acids is 1. The van der Waals surface area contributed by atoms with E-state index in [1.165, 1.54) is 0 Å². The molecule has 0 aromatic carbocycles. The van der Waals surface area contributed by atoms with Crippen LogP contribution in [0.2, 0.25) is 0 Å². The molecule has 0 bridgehead atoms. The van der Waals surface area contributed by atoms with E-state index in [9.17, 15) is 9.59 Å². The highest BCUT2D eigenvalue weighted by atomic mass is 32.2. The van der Waals surface area contributed by atoms with E-state index >= 15 is 0 Å². The van der Waals surface area contributed by atoms with Crippen LogP contribution in [0.25, 0.3) is 0 Å². The zero-order valence-electron chi connectivity index (χ0n) is 11.9. The number of aliphatic carboxylic acids is 1. The molecule has 0 aliphatic heterocycles. The van der Waals surface area contributed by atoms with Crippen LogP contribution in [-0.4, -0.2) is 40.0 Å². The number of nitrogens with one attached hydrogen (secondary N) is 1. The van der Waals surface area contributed by atoms with E-state index < -0.39 is 5.97 Å². The third-order valence-electron chi connectivity index (χ3n) is 2.36. The van der Waals surface area contributed by atoms with E-state index in [0.29, 0.717) is 13.0 Å². The molecular formula is C13H20N2O3S2. The molecule has 1 heterocycles. The van der Waals surface area contributed by atoms with Gasteiger partial charge in [-0.2, -0.15) is 0 Å². The first-order chi connectivity index (χ1) is 9.29. The Kier molecular flexibility index (Phi) is 6.48. The fourth-order valence-electron chi connectivity index (χ4n) is 1.38. The quantitative estimate of drug-likeness (QED) is 0.803. The Labute approximate surface area is 127 Å². The van der Waals surface area contributed by atoms with Gasteiger partial charge in [0, 0.05) is 23.8 Å². The Morgan fingerprint density at radius 2 is 2.10 bits per heavy atom. The van der Waals surface area contributed by atoms with Crippen LogP contribution in [0.4, 0.5) is 0 Å². The summed E-state index contributed by atoms with van der Waals surface area (Å²) in [6, 6.07) is 0. The Morgan fingerprint density at radius 1 is 1.40 bits per heavy atom. The summed E-state index contributed by atoms with van der Waals surface area (Å²) < 4.78 is 0. The molecule has 1 amide bonds. The molecule has 0 fully saturated rings. The number of aromatic nitrogens is 1. The first kappa shape index (κ1) is 17.0. The van der Waals surface area contributed by atoms with Crippen LogP contribution in [0.1, 0.15) is 31.5 Å². The molecule has 0 aliphatic carbocycles. The van der Waals surface area contributed by atoms with Crippen LogP contribution in [0.15, 0.2) is 5.38 Å². The van der Waals surface area contributed by atoms with Crippen molar-refractivity contribution in [1.29, 1.82) is 0 Å². The number of carbonyl (C=O) groups is 2. The van der Waals surface area contributed by atoms with Gasteiger partial charge in [-0.25, -0.2) is 4.98 Å². The molecule has 0 saturated carbocycles. The number of carbonyl (C=O) groups excluding carboxylic acids is 1. The summed E-state index contributed by atoms with van der Waals surface area (Å²) in [4.78, 5) is 26.3. The molecule has 1 aromatic heterocycles. The van der Waals surface area contributed by atoms with Gasteiger partial charge in [0.15, 0.2) is 0 Å². The third kappa shape index (κ3) is 6.38. The maximum Gasteiger partial charge on any atom is 0.313 e. The van der Waals surface area contributed by atoms with Gasteiger partial charge in [-0.05, 0) is 0 Å². The summed E-state index contributed by atoms with van der Waals surface area (Å²) in [6.07, 6.45) is 0.696. The summed E-state index contributed by atoms with van der Waals surface area (Å²) >= 11 is 2.74. The number of carboxylic acid groups (broad SMARTS) is 1. The summed E-state index contributed by atoms with van der Waals surface area (Å²) in [5.41, 5.74) is 1.04. The van der Waals surface area contributed by atoms with E-state index in [1.807, 2.05) is 5.38 Å². The average Bonchev–Trinajstić information content (AvgIpc) is 2.77. The van der Waals surface area contributed by atoms with Crippen molar-refractivity contribution < 1.29 is 14.7 Å². The highest BCUT2D eigenvalue weighted by molar-refractivity contribution is 8.00. The minimum Gasteiger partial charge on any atom is -0.481 e. The molecule has 7 heteroatoms. The van der Waals surface area contributed by atoms with Gasteiger partial charge >= 0.3 is 5.97 Å². The van der Waals surface area contributed by atoms with Crippen molar-refractivity contribution in [2.45, 2.75) is 32.6 Å². The lowest BCUT2D eigenvalue weighted by Gasteiger charge is -2.13. The van der Waals surface area contributed by atoms with E-state index in [0.717, 1.165) is 22.5 Å². The topological polar surface area (TPSA) is 79.3 Å². The van der Waals surface area contributed by atoms with Crippen molar-refractivity contribution >= 4 is 35.0 Å². The number of thioether (sulfide) groups is 1. The summed E-state index contributed by atoms with van der Waals surface area (Å²) in [5.74, 6) is -0.909. The predicted molar refractivity (Wildman–Crippen MR) is 82.5 cm³/mol. The lowest BCUT2D eigenvalue weighted by Crippen LogP contribution is -2.27. The SMILES string of the molecule is CC(C)(C)c1nc(CCNC(=O)CSCC(=O)O)cs1. The summed E-state index contributed by atoms with van der Waals surface area (Å²) in [7, 11) is 0. The lowest BCUT2D eigenvalue weighted by atomic mass is 9.98. The van der Waals surface area contributed by atoms with Crippen LogP contribution < -0.4 is 5.32 Å². The predicted octanol–water partition coefficient (Wildman–Crippen LogP) is 1.92. The first-order valence-electron chi connectivity index (χ1n) is 6.30. The first-order valence-corrected chi connectivity index (χ1v) is 8.33. The van der Waals surface area contributed by atoms with Gasteiger partial charge in [-0.15, -0.1) is 23.1 Å². The lowest BCUT2D eigenvalue weighted by molar-refractivity contribution is -0.133. The molecule has 2 N–H and O–H groups in total. The molecule has 0 radical (unpaired) electrons. The van der Waals surface area contributed by atoms with E-state index in [-0.39, 0.29) is 22.8 Å². The van der Waals surface area contributed by atoms with Gasteiger partial charge in [0.2, 0.25) is 5.91 Å². The molecule has 112 valence electrons. The number of amides is 1. The molecule has 0 saturated heterocycles. The van der Waals surface area contributed by atoms with Crippen molar-refractivity contribution in [3.8, 4) is 0 Å². The monoisotopic (exact) mass is 316 g/mol. The summed E-state index contributed by atoms with van der Waals surface area (Å²) in [6.45, 7) is 6.89. The van der Waals surface area contributed by atoms with Crippen molar-refractivity contribution in [3.05, 3.63) is 16.1 Å². The number of rotatable bonds is 7. The Balaban J connectivity index is 2.25. The van der Waals surface area contributed by atoms with Crippen LogP contribution in [0.5, 0.6) is 0 Å². The maximum atomic E-state index is 11.4. The number of hydrogen-bond acceptors (Lipinski definition) is 5. The third-order valence-corrected chi connectivity index (χ3v) is 4.59. The number of hydrogen-bond donors (Lipinski definition) is 2. The average molecular weight is 316 g/mol. The second-order valence-electron chi connectivity index (χ2n) is 5.38. The zero-order chi connectivity index (χ0) is 15.2. The van der Waals surface area contributed by atoms with Gasteiger partial charge in [0.05, 0.1) is 22.2 Å². The van der Waals surface area contributed by atoms with Gasteiger partial charge in [0.25, 0.3) is 0 Å². The number of thiazole rings is 1. The fraction of sp³-hybridized carbons (Fsp3) is 0.615. The molecule has 0 unspecified atom stereocenters. The normalized spacial score (nSPS) is 11.3. The van der Waals surface area contributed by atoms with Crippen LogP contribution >= 0.6 is 23.1 Å². The summed E-state index contributed by atoms with van der Waals surface area (Å²) in [5, 5.41) is 14.3. The smallest absolute Gasteiger partial charge is 0.313 e. The van der Waals surface area contributed by atoms with Crippen LogP contribution in [0, 0.1) is 0 Å². The molecule has 1 aromatic rings. The maximum absolute atomic E-state index is 11.4. The fourth-order valence-corrected chi connectivity index (χ4v) is 2.88. The molecule has 0 aliphatic rings. The number of nitrogens with zero attached hydrogens (tertiary/aromatic N) is 1.